The predicted octanol–water partition coefficient (Wildman–Crippen LogP) is 1.61. The van der Waals surface area contributed by atoms with Crippen LogP contribution in [0.2, 0.25) is 0 Å². The van der Waals surface area contributed by atoms with E-state index in [1.54, 1.807) is 0 Å². The van der Waals surface area contributed by atoms with Gasteiger partial charge in [0.2, 0.25) is 5.09 Å². The highest BCUT2D eigenvalue weighted by Crippen LogP contribution is 2.24. The normalized spacial score (nSPS) is 11.7. The second-order valence-corrected chi connectivity index (χ2v) is 6.51. The standard InChI is InChI=1S/C10H13N3O3S2/c1-6-7(2)17-10(12-6)13-18(14,15)9-4-3-8(5-11)16-9/h3-4H,5,11H2,1-2H3,(H,12,13). The summed E-state index contributed by atoms with van der Waals surface area (Å²) in [5, 5.41) is 0.171. The molecule has 0 spiro atoms. The van der Waals surface area contributed by atoms with Crippen LogP contribution in [0.1, 0.15) is 16.3 Å². The minimum absolute atomic E-state index is 0.158. The van der Waals surface area contributed by atoms with Crippen LogP contribution >= 0.6 is 11.3 Å². The molecule has 0 aliphatic heterocycles. The maximum absolute atomic E-state index is 12.0. The van der Waals surface area contributed by atoms with Crippen molar-refractivity contribution in [2.45, 2.75) is 25.5 Å². The summed E-state index contributed by atoms with van der Waals surface area (Å²) in [6, 6.07) is 2.91. The monoisotopic (exact) mass is 287 g/mol. The highest BCUT2D eigenvalue weighted by Gasteiger charge is 2.20. The Labute approximate surface area is 109 Å². The summed E-state index contributed by atoms with van der Waals surface area (Å²) >= 11 is 1.28. The van der Waals surface area contributed by atoms with Crippen molar-refractivity contribution >= 4 is 26.5 Å². The van der Waals surface area contributed by atoms with Crippen LogP contribution in [0.4, 0.5) is 5.13 Å². The average Bonchev–Trinajstić information content (AvgIpc) is 2.86. The van der Waals surface area contributed by atoms with Gasteiger partial charge in [0.15, 0.2) is 5.13 Å². The average molecular weight is 287 g/mol. The molecule has 98 valence electrons. The first kappa shape index (κ1) is 13.1. The Morgan fingerprint density at radius 2 is 2.17 bits per heavy atom. The number of anilines is 1. The molecule has 6 nitrogen and oxygen atoms in total. The van der Waals surface area contributed by atoms with Gasteiger partial charge in [0.1, 0.15) is 5.76 Å². The van der Waals surface area contributed by atoms with Gasteiger partial charge in [0, 0.05) is 4.88 Å². The summed E-state index contributed by atoms with van der Waals surface area (Å²) in [4.78, 5) is 5.08. The highest BCUT2D eigenvalue weighted by molar-refractivity contribution is 7.92. The summed E-state index contributed by atoms with van der Waals surface area (Å²) in [6.07, 6.45) is 0. The molecule has 18 heavy (non-hydrogen) atoms. The number of sulfonamides is 1. The number of aryl methyl sites for hydroxylation is 2. The second kappa shape index (κ2) is 4.71. The fraction of sp³-hybridized carbons (Fsp3) is 0.300. The highest BCUT2D eigenvalue weighted by atomic mass is 32.2. The summed E-state index contributed by atoms with van der Waals surface area (Å²) in [5.74, 6) is 0.418. The molecule has 0 aromatic carbocycles. The number of nitrogens with two attached hydrogens (primary N) is 1. The van der Waals surface area contributed by atoms with Gasteiger partial charge in [0.25, 0.3) is 10.0 Å². The van der Waals surface area contributed by atoms with Crippen LogP contribution in [0.15, 0.2) is 21.6 Å². The molecule has 2 heterocycles. The van der Waals surface area contributed by atoms with Crippen molar-refractivity contribution in [3.05, 3.63) is 28.5 Å². The largest absolute Gasteiger partial charge is 0.446 e. The lowest BCUT2D eigenvalue weighted by molar-refractivity contribution is 0.417. The zero-order valence-electron chi connectivity index (χ0n) is 9.93. The van der Waals surface area contributed by atoms with Crippen LogP contribution in [0, 0.1) is 13.8 Å². The van der Waals surface area contributed by atoms with Gasteiger partial charge in [-0.05, 0) is 26.0 Å². The first-order chi connectivity index (χ1) is 8.42. The van der Waals surface area contributed by atoms with Gasteiger partial charge in [0.05, 0.1) is 12.2 Å². The van der Waals surface area contributed by atoms with E-state index < -0.39 is 10.0 Å². The second-order valence-electron chi connectivity index (χ2n) is 3.69. The van der Waals surface area contributed by atoms with Crippen molar-refractivity contribution in [2.24, 2.45) is 5.73 Å². The zero-order chi connectivity index (χ0) is 13.3. The van der Waals surface area contributed by atoms with E-state index in [0.717, 1.165) is 10.6 Å². The van der Waals surface area contributed by atoms with E-state index >= 15 is 0 Å². The molecular formula is C10H13N3O3S2. The maximum Gasteiger partial charge on any atom is 0.297 e. The summed E-state index contributed by atoms with van der Waals surface area (Å²) in [7, 11) is -3.73. The van der Waals surface area contributed by atoms with Gasteiger partial charge in [-0.25, -0.2) is 4.98 Å². The third-order valence-corrected chi connectivity index (χ3v) is 4.68. The third kappa shape index (κ3) is 2.55. The zero-order valence-corrected chi connectivity index (χ0v) is 11.6. The van der Waals surface area contributed by atoms with Crippen molar-refractivity contribution in [2.75, 3.05) is 4.72 Å². The molecule has 0 atom stereocenters. The first-order valence-electron chi connectivity index (χ1n) is 5.18. The predicted molar refractivity (Wildman–Crippen MR) is 69.0 cm³/mol. The summed E-state index contributed by atoms with van der Waals surface area (Å²) in [5.41, 5.74) is 6.17. The molecule has 0 saturated carbocycles. The third-order valence-electron chi connectivity index (χ3n) is 2.35. The van der Waals surface area contributed by atoms with Crippen molar-refractivity contribution in [3.63, 3.8) is 0 Å². The molecule has 0 fully saturated rings. The molecular weight excluding hydrogens is 274 g/mol. The molecule has 0 amide bonds. The Morgan fingerprint density at radius 1 is 1.44 bits per heavy atom. The lowest BCUT2D eigenvalue weighted by Gasteiger charge is -2.01. The van der Waals surface area contributed by atoms with Crippen molar-refractivity contribution in [3.8, 4) is 0 Å². The van der Waals surface area contributed by atoms with Crippen LogP contribution in [0.3, 0.4) is 0 Å². The Morgan fingerprint density at radius 3 is 2.67 bits per heavy atom. The summed E-state index contributed by atoms with van der Waals surface area (Å²) < 4.78 is 31.4. The van der Waals surface area contributed by atoms with Crippen LogP contribution in [0.5, 0.6) is 0 Å². The number of thiazole rings is 1. The van der Waals surface area contributed by atoms with Crippen molar-refractivity contribution < 1.29 is 12.8 Å². The lowest BCUT2D eigenvalue weighted by Crippen LogP contribution is -2.12. The van der Waals surface area contributed by atoms with Crippen LogP contribution in [0.25, 0.3) is 0 Å². The van der Waals surface area contributed by atoms with Gasteiger partial charge in [-0.2, -0.15) is 8.42 Å². The van der Waals surface area contributed by atoms with E-state index in [-0.39, 0.29) is 11.6 Å². The van der Waals surface area contributed by atoms with Gasteiger partial charge in [-0.15, -0.1) is 11.3 Å². The molecule has 0 bridgehead atoms. The van der Waals surface area contributed by atoms with Gasteiger partial charge >= 0.3 is 0 Å². The number of rotatable bonds is 4. The molecule has 8 heteroatoms. The molecule has 2 rings (SSSR count). The molecule has 3 N–H and O–H groups in total. The molecule has 2 aromatic rings. The molecule has 0 aliphatic rings. The quantitative estimate of drug-likeness (QED) is 0.890. The molecule has 0 unspecified atom stereocenters. The Kier molecular flexibility index (Phi) is 3.42. The van der Waals surface area contributed by atoms with E-state index in [1.807, 2.05) is 13.8 Å². The Hall–Kier alpha value is -1.38. The minimum Gasteiger partial charge on any atom is -0.446 e. The molecule has 0 radical (unpaired) electrons. The molecule has 0 saturated heterocycles. The van der Waals surface area contributed by atoms with Crippen LogP contribution < -0.4 is 10.5 Å². The van der Waals surface area contributed by atoms with Crippen LogP contribution in [-0.4, -0.2) is 13.4 Å². The fourth-order valence-corrected chi connectivity index (χ4v) is 3.30. The minimum atomic E-state index is -3.73. The number of nitrogens with zero attached hydrogens (tertiary/aromatic N) is 1. The SMILES string of the molecule is Cc1nc(NS(=O)(=O)c2ccc(CN)o2)sc1C. The van der Waals surface area contributed by atoms with E-state index in [9.17, 15) is 8.42 Å². The van der Waals surface area contributed by atoms with Gasteiger partial charge in [-0.3, -0.25) is 4.72 Å². The van der Waals surface area contributed by atoms with Crippen LogP contribution in [-0.2, 0) is 16.6 Å². The molecule has 0 aliphatic carbocycles. The van der Waals surface area contributed by atoms with Gasteiger partial charge in [-0.1, -0.05) is 0 Å². The van der Waals surface area contributed by atoms with E-state index in [4.69, 9.17) is 10.2 Å². The Balaban J connectivity index is 2.26. The number of nitrogens with one attached hydrogen (secondary N) is 1. The maximum atomic E-state index is 12.0. The van der Waals surface area contributed by atoms with Crippen molar-refractivity contribution in [1.82, 2.24) is 4.98 Å². The number of aromatic nitrogens is 1. The topological polar surface area (TPSA) is 98.2 Å². The van der Waals surface area contributed by atoms with E-state index in [2.05, 4.69) is 9.71 Å². The molecule has 2 aromatic heterocycles. The smallest absolute Gasteiger partial charge is 0.297 e. The van der Waals surface area contributed by atoms with E-state index in [1.165, 1.54) is 23.5 Å². The first-order valence-corrected chi connectivity index (χ1v) is 7.48. The fourth-order valence-electron chi connectivity index (χ4n) is 1.29. The Bertz CT molecular complexity index is 638. The van der Waals surface area contributed by atoms with E-state index in [0.29, 0.717) is 10.9 Å². The number of hydrogen-bond donors (Lipinski definition) is 2. The number of furan rings is 1. The summed E-state index contributed by atoms with van der Waals surface area (Å²) in [6.45, 7) is 3.86. The lowest BCUT2D eigenvalue weighted by atomic mass is 10.4. The number of hydrogen-bond acceptors (Lipinski definition) is 6. The van der Waals surface area contributed by atoms with Crippen molar-refractivity contribution in [1.29, 1.82) is 0 Å². The van der Waals surface area contributed by atoms with Gasteiger partial charge < -0.3 is 10.2 Å².